The van der Waals surface area contributed by atoms with Crippen molar-refractivity contribution in [1.82, 2.24) is 4.90 Å². The Labute approximate surface area is 164 Å². The fourth-order valence-corrected chi connectivity index (χ4v) is 3.08. The summed E-state index contributed by atoms with van der Waals surface area (Å²) in [6.45, 7) is 2.94. The molecular formula is C20H23ClN4O2. The number of methoxy groups -OCH3 is 1. The highest BCUT2D eigenvalue weighted by Crippen LogP contribution is 2.22. The van der Waals surface area contributed by atoms with Crippen molar-refractivity contribution in [1.29, 1.82) is 0 Å². The number of amidine groups is 1. The quantitative estimate of drug-likeness (QED) is 0.487. The molecule has 1 aliphatic rings. The van der Waals surface area contributed by atoms with Crippen LogP contribution >= 0.6 is 11.6 Å². The van der Waals surface area contributed by atoms with Gasteiger partial charge >= 0.3 is 0 Å². The number of nitrogens with zero attached hydrogens (tertiary/aromatic N) is 3. The van der Waals surface area contributed by atoms with E-state index < -0.39 is 0 Å². The third-order valence-corrected chi connectivity index (χ3v) is 4.80. The summed E-state index contributed by atoms with van der Waals surface area (Å²) in [5.41, 5.74) is 8.23. The number of ether oxygens (including phenoxy) is 1. The fourth-order valence-electron chi connectivity index (χ4n) is 3.02. The Balaban J connectivity index is 1.58. The second kappa shape index (κ2) is 8.77. The Morgan fingerprint density at radius 2 is 1.70 bits per heavy atom. The number of benzene rings is 2. The van der Waals surface area contributed by atoms with Gasteiger partial charge in [-0.2, -0.15) is 0 Å². The molecule has 2 N–H and O–H groups in total. The Kier molecular flexibility index (Phi) is 6.19. The molecule has 142 valence electrons. The van der Waals surface area contributed by atoms with Crippen LogP contribution in [0.3, 0.4) is 0 Å². The summed E-state index contributed by atoms with van der Waals surface area (Å²) in [7, 11) is 1.61. The molecule has 0 aromatic heterocycles. The van der Waals surface area contributed by atoms with Gasteiger partial charge in [0, 0.05) is 37.4 Å². The molecule has 1 saturated heterocycles. The molecule has 0 radical (unpaired) electrons. The molecule has 1 fully saturated rings. The third kappa shape index (κ3) is 4.71. The molecule has 0 unspecified atom stereocenters. The molecule has 0 aliphatic carbocycles. The lowest BCUT2D eigenvalue weighted by molar-refractivity contribution is 0.0747. The summed E-state index contributed by atoms with van der Waals surface area (Å²) in [5.74, 6) is 1.41. The lowest BCUT2D eigenvalue weighted by Gasteiger charge is -2.36. The summed E-state index contributed by atoms with van der Waals surface area (Å²) in [5, 5.41) is 0. The second-order valence-corrected chi connectivity index (χ2v) is 6.53. The number of amides is 1. The Morgan fingerprint density at radius 1 is 1.07 bits per heavy atom. The number of hydrogen-bond donors (Lipinski definition) is 1. The summed E-state index contributed by atoms with van der Waals surface area (Å²) >= 11 is 5.65. The van der Waals surface area contributed by atoms with Crippen molar-refractivity contribution in [3.05, 3.63) is 54.1 Å². The van der Waals surface area contributed by atoms with Crippen molar-refractivity contribution in [2.45, 2.75) is 0 Å². The van der Waals surface area contributed by atoms with E-state index in [9.17, 15) is 4.79 Å². The number of piperazine rings is 1. The van der Waals surface area contributed by atoms with Crippen molar-refractivity contribution >= 4 is 34.7 Å². The largest absolute Gasteiger partial charge is 0.497 e. The van der Waals surface area contributed by atoms with E-state index in [1.54, 1.807) is 19.2 Å². The number of anilines is 1. The zero-order valence-corrected chi connectivity index (χ0v) is 16.0. The van der Waals surface area contributed by atoms with E-state index in [-0.39, 0.29) is 11.8 Å². The van der Waals surface area contributed by atoms with Crippen LogP contribution in [0.25, 0.3) is 0 Å². The van der Waals surface area contributed by atoms with E-state index >= 15 is 0 Å². The highest BCUT2D eigenvalue weighted by Gasteiger charge is 2.22. The van der Waals surface area contributed by atoms with Crippen LogP contribution in [0.1, 0.15) is 10.4 Å². The Morgan fingerprint density at radius 3 is 2.26 bits per heavy atom. The highest BCUT2D eigenvalue weighted by molar-refractivity contribution is 6.28. The minimum absolute atomic E-state index is 0.0542. The van der Waals surface area contributed by atoms with Crippen LogP contribution in [0.5, 0.6) is 5.75 Å². The van der Waals surface area contributed by atoms with E-state index in [1.165, 1.54) is 0 Å². The van der Waals surface area contributed by atoms with Gasteiger partial charge < -0.3 is 20.3 Å². The van der Waals surface area contributed by atoms with E-state index in [4.69, 9.17) is 22.1 Å². The summed E-state index contributed by atoms with van der Waals surface area (Å²) in [4.78, 5) is 21.0. The monoisotopic (exact) mass is 386 g/mol. The van der Waals surface area contributed by atoms with Gasteiger partial charge in [0.05, 0.1) is 18.7 Å². The van der Waals surface area contributed by atoms with E-state index in [2.05, 4.69) is 9.89 Å². The average Bonchev–Trinajstić information content (AvgIpc) is 2.74. The van der Waals surface area contributed by atoms with Crippen LogP contribution in [0.2, 0.25) is 0 Å². The number of nitrogens with two attached hydrogens (primary N) is 1. The zero-order valence-electron chi connectivity index (χ0n) is 15.3. The maximum absolute atomic E-state index is 12.6. The first kappa shape index (κ1) is 19.0. The van der Waals surface area contributed by atoms with E-state index in [1.807, 2.05) is 41.3 Å². The number of halogens is 1. The molecule has 0 atom stereocenters. The van der Waals surface area contributed by atoms with Crippen LogP contribution in [0, 0.1) is 0 Å². The first-order valence-electron chi connectivity index (χ1n) is 8.78. The van der Waals surface area contributed by atoms with Gasteiger partial charge in [-0.3, -0.25) is 4.79 Å². The van der Waals surface area contributed by atoms with Crippen molar-refractivity contribution < 1.29 is 9.53 Å². The van der Waals surface area contributed by atoms with Crippen LogP contribution in [0.4, 0.5) is 11.4 Å². The molecule has 27 heavy (non-hydrogen) atoms. The Hall–Kier alpha value is -2.73. The maximum Gasteiger partial charge on any atom is 0.253 e. The van der Waals surface area contributed by atoms with Gasteiger partial charge in [0.2, 0.25) is 0 Å². The van der Waals surface area contributed by atoms with Gasteiger partial charge in [0.1, 0.15) is 11.6 Å². The molecule has 1 aliphatic heterocycles. The summed E-state index contributed by atoms with van der Waals surface area (Å²) in [6, 6.07) is 15.1. The van der Waals surface area contributed by atoms with Crippen molar-refractivity contribution in [2.24, 2.45) is 10.7 Å². The molecular weight excluding hydrogens is 364 g/mol. The van der Waals surface area contributed by atoms with Crippen molar-refractivity contribution in [3.63, 3.8) is 0 Å². The molecule has 7 heteroatoms. The van der Waals surface area contributed by atoms with Gasteiger partial charge in [-0.05, 0) is 48.5 Å². The van der Waals surface area contributed by atoms with Gasteiger partial charge in [-0.25, -0.2) is 4.99 Å². The molecule has 2 aromatic carbocycles. The smallest absolute Gasteiger partial charge is 0.253 e. The van der Waals surface area contributed by atoms with Crippen molar-refractivity contribution in [3.8, 4) is 5.75 Å². The maximum atomic E-state index is 12.6. The number of aliphatic imine (C=N–C) groups is 1. The number of rotatable bonds is 5. The van der Waals surface area contributed by atoms with E-state index in [0.29, 0.717) is 24.5 Å². The molecule has 0 bridgehead atoms. The molecule has 6 nitrogen and oxygen atoms in total. The van der Waals surface area contributed by atoms with Crippen LogP contribution < -0.4 is 15.4 Å². The fraction of sp³-hybridized carbons (Fsp3) is 0.300. The predicted molar refractivity (Wildman–Crippen MR) is 110 cm³/mol. The van der Waals surface area contributed by atoms with Crippen LogP contribution in [-0.2, 0) is 0 Å². The number of carbonyl (C=O) groups excluding carboxylic acids is 1. The zero-order chi connectivity index (χ0) is 19.2. The van der Waals surface area contributed by atoms with Crippen LogP contribution in [-0.4, -0.2) is 55.8 Å². The molecule has 1 amide bonds. The average molecular weight is 387 g/mol. The summed E-state index contributed by atoms with van der Waals surface area (Å²) < 4.78 is 5.14. The van der Waals surface area contributed by atoms with Gasteiger partial charge in [0.25, 0.3) is 5.91 Å². The highest BCUT2D eigenvalue weighted by atomic mass is 35.5. The van der Waals surface area contributed by atoms with Gasteiger partial charge in [0.15, 0.2) is 0 Å². The first-order valence-corrected chi connectivity index (χ1v) is 9.31. The standard InChI is InChI=1S/C20H23ClN4O2/c1-27-18-8-2-15(3-9-18)20(26)25-12-10-24(11-13-25)17-6-4-16(5-7-17)23-19(22)14-21/h2-9H,10-14H2,1H3,(H2,22,23). The lowest BCUT2D eigenvalue weighted by atomic mass is 10.1. The topological polar surface area (TPSA) is 71.2 Å². The minimum Gasteiger partial charge on any atom is -0.497 e. The first-order chi connectivity index (χ1) is 13.1. The summed E-state index contributed by atoms with van der Waals surface area (Å²) in [6.07, 6.45) is 0. The SMILES string of the molecule is COc1ccc(C(=O)N2CCN(c3ccc(N=C(N)CCl)cc3)CC2)cc1. The molecule has 2 aromatic rings. The van der Waals surface area contributed by atoms with Crippen LogP contribution in [0.15, 0.2) is 53.5 Å². The van der Waals surface area contributed by atoms with Crippen molar-refractivity contribution in [2.75, 3.05) is 44.1 Å². The predicted octanol–water partition coefficient (Wildman–Crippen LogP) is 2.89. The second-order valence-electron chi connectivity index (χ2n) is 6.26. The molecule has 1 heterocycles. The number of hydrogen-bond acceptors (Lipinski definition) is 4. The number of alkyl halides is 1. The molecule has 0 saturated carbocycles. The molecule has 3 rings (SSSR count). The molecule has 0 spiro atoms. The van der Waals surface area contributed by atoms with E-state index in [0.717, 1.165) is 30.2 Å². The van der Waals surface area contributed by atoms with Gasteiger partial charge in [-0.1, -0.05) is 0 Å². The lowest BCUT2D eigenvalue weighted by Crippen LogP contribution is -2.48. The number of carbonyl (C=O) groups is 1. The third-order valence-electron chi connectivity index (χ3n) is 4.53. The minimum atomic E-state index is 0.0542. The van der Waals surface area contributed by atoms with Gasteiger partial charge in [-0.15, -0.1) is 11.6 Å². The Bertz CT molecular complexity index is 798. The normalized spacial score (nSPS) is 15.0.